The molecular weight excluding hydrogens is 264 g/mol. The minimum atomic E-state index is 0.0975. The van der Waals surface area contributed by atoms with Gasteiger partial charge in [0.2, 0.25) is 5.91 Å². The first-order valence-electron chi connectivity index (χ1n) is 7.66. The van der Waals surface area contributed by atoms with Crippen LogP contribution >= 0.6 is 0 Å². The predicted molar refractivity (Wildman–Crippen MR) is 85.2 cm³/mol. The highest BCUT2D eigenvalue weighted by molar-refractivity contribution is 5.83. The van der Waals surface area contributed by atoms with Crippen molar-refractivity contribution in [2.75, 3.05) is 6.61 Å². The molecule has 0 aliphatic carbocycles. The number of para-hydroxylation sites is 1. The van der Waals surface area contributed by atoms with Crippen molar-refractivity contribution in [2.24, 2.45) is 0 Å². The smallest absolute Gasteiger partial charge is 0.220 e. The van der Waals surface area contributed by atoms with Crippen molar-refractivity contribution in [3.05, 3.63) is 36.0 Å². The molecule has 0 spiro atoms. The first kappa shape index (κ1) is 15.6. The van der Waals surface area contributed by atoms with E-state index < -0.39 is 0 Å². The summed E-state index contributed by atoms with van der Waals surface area (Å²) in [4.78, 5) is 15.1. The summed E-state index contributed by atoms with van der Waals surface area (Å²) in [6.45, 7) is 2.16. The lowest BCUT2D eigenvalue weighted by atomic mass is 10.1. The van der Waals surface area contributed by atoms with E-state index in [0.717, 1.165) is 31.2 Å². The normalized spacial score (nSPS) is 12.5. The molecule has 1 amide bonds. The van der Waals surface area contributed by atoms with Gasteiger partial charge in [-0.1, -0.05) is 18.2 Å². The quantitative estimate of drug-likeness (QED) is 0.699. The Morgan fingerprint density at radius 3 is 2.95 bits per heavy atom. The summed E-state index contributed by atoms with van der Waals surface area (Å²) in [5.41, 5.74) is 2.42. The van der Waals surface area contributed by atoms with E-state index >= 15 is 0 Å². The van der Waals surface area contributed by atoms with Gasteiger partial charge in [0.25, 0.3) is 0 Å². The van der Waals surface area contributed by atoms with E-state index in [1.807, 2.05) is 25.3 Å². The summed E-state index contributed by atoms with van der Waals surface area (Å²) in [7, 11) is 0. The van der Waals surface area contributed by atoms with Crippen molar-refractivity contribution in [3.63, 3.8) is 0 Å². The monoisotopic (exact) mass is 288 g/mol. The van der Waals surface area contributed by atoms with Crippen LogP contribution in [0.2, 0.25) is 0 Å². The van der Waals surface area contributed by atoms with Crippen LogP contribution < -0.4 is 5.32 Å². The van der Waals surface area contributed by atoms with Gasteiger partial charge in [-0.3, -0.25) is 4.79 Å². The van der Waals surface area contributed by atoms with E-state index in [1.165, 1.54) is 10.9 Å². The maximum Gasteiger partial charge on any atom is 0.220 e. The van der Waals surface area contributed by atoms with E-state index in [0.29, 0.717) is 6.42 Å². The number of carbonyl (C=O) groups excluding carboxylic acids is 1. The van der Waals surface area contributed by atoms with Crippen LogP contribution in [0.5, 0.6) is 0 Å². The maximum absolute atomic E-state index is 11.8. The van der Waals surface area contributed by atoms with Gasteiger partial charge >= 0.3 is 0 Å². The Labute approximate surface area is 125 Å². The molecule has 4 nitrogen and oxygen atoms in total. The molecule has 0 bridgehead atoms. The average molecular weight is 288 g/mol. The predicted octanol–water partition coefficient (Wildman–Crippen LogP) is 2.77. The van der Waals surface area contributed by atoms with Crippen LogP contribution in [0.1, 0.15) is 38.2 Å². The molecule has 2 aromatic rings. The van der Waals surface area contributed by atoms with Gasteiger partial charge in [0.05, 0.1) is 0 Å². The number of benzene rings is 1. The summed E-state index contributed by atoms with van der Waals surface area (Å²) in [5.74, 6) is 0.0975. The number of carbonyl (C=O) groups is 1. The molecule has 0 fully saturated rings. The molecule has 1 heterocycles. The highest BCUT2D eigenvalue weighted by Gasteiger charge is 2.08. The van der Waals surface area contributed by atoms with E-state index in [9.17, 15) is 4.79 Å². The maximum atomic E-state index is 11.8. The van der Waals surface area contributed by atoms with Gasteiger partial charge < -0.3 is 15.4 Å². The molecule has 4 heteroatoms. The Morgan fingerprint density at radius 2 is 2.14 bits per heavy atom. The summed E-state index contributed by atoms with van der Waals surface area (Å²) >= 11 is 0. The molecule has 21 heavy (non-hydrogen) atoms. The van der Waals surface area contributed by atoms with Crippen LogP contribution in [0.25, 0.3) is 10.9 Å². The second-order valence-electron chi connectivity index (χ2n) is 5.55. The van der Waals surface area contributed by atoms with Crippen molar-refractivity contribution in [1.29, 1.82) is 0 Å². The van der Waals surface area contributed by atoms with Crippen LogP contribution in [0.3, 0.4) is 0 Å². The lowest BCUT2D eigenvalue weighted by Crippen LogP contribution is -2.32. The van der Waals surface area contributed by atoms with Gasteiger partial charge in [-0.15, -0.1) is 0 Å². The molecule has 0 saturated heterocycles. The third-order valence-electron chi connectivity index (χ3n) is 3.73. The molecule has 1 atom stereocenters. The largest absolute Gasteiger partial charge is 0.396 e. The second kappa shape index (κ2) is 7.84. The number of rotatable bonds is 8. The third-order valence-corrected chi connectivity index (χ3v) is 3.73. The Bertz CT molecular complexity index is 577. The summed E-state index contributed by atoms with van der Waals surface area (Å²) in [6, 6.07) is 8.36. The van der Waals surface area contributed by atoms with Gasteiger partial charge in [-0.05, 0) is 44.2 Å². The molecule has 3 N–H and O–H groups in total. The molecule has 0 aliphatic heterocycles. The Morgan fingerprint density at radius 1 is 1.33 bits per heavy atom. The lowest BCUT2D eigenvalue weighted by molar-refractivity contribution is -0.121. The fourth-order valence-corrected chi connectivity index (χ4v) is 2.59. The number of aromatic nitrogens is 1. The Hall–Kier alpha value is -1.81. The van der Waals surface area contributed by atoms with Gasteiger partial charge in [0, 0.05) is 36.2 Å². The number of hydrogen-bond donors (Lipinski definition) is 3. The summed E-state index contributed by atoms with van der Waals surface area (Å²) < 4.78 is 0. The number of aryl methyl sites for hydroxylation is 1. The highest BCUT2D eigenvalue weighted by Crippen LogP contribution is 2.19. The molecule has 1 unspecified atom stereocenters. The molecule has 1 aromatic heterocycles. The summed E-state index contributed by atoms with van der Waals surface area (Å²) in [5, 5.41) is 13.0. The van der Waals surface area contributed by atoms with Gasteiger partial charge in [0.15, 0.2) is 0 Å². The van der Waals surface area contributed by atoms with Gasteiger partial charge in [0.1, 0.15) is 0 Å². The number of aromatic amines is 1. The van der Waals surface area contributed by atoms with E-state index in [2.05, 4.69) is 22.4 Å². The van der Waals surface area contributed by atoms with Crippen LogP contribution in [-0.2, 0) is 11.2 Å². The van der Waals surface area contributed by atoms with Crippen molar-refractivity contribution >= 4 is 16.8 Å². The number of H-pyrrole nitrogens is 1. The number of amides is 1. The first-order chi connectivity index (χ1) is 10.2. The minimum Gasteiger partial charge on any atom is -0.396 e. The van der Waals surface area contributed by atoms with E-state index in [4.69, 9.17) is 5.11 Å². The van der Waals surface area contributed by atoms with Crippen LogP contribution in [0.15, 0.2) is 30.5 Å². The number of aliphatic hydroxyl groups excluding tert-OH is 1. The van der Waals surface area contributed by atoms with Gasteiger partial charge in [-0.25, -0.2) is 0 Å². The van der Waals surface area contributed by atoms with Crippen molar-refractivity contribution in [1.82, 2.24) is 10.3 Å². The third kappa shape index (κ3) is 4.60. The molecule has 0 saturated carbocycles. The number of nitrogens with one attached hydrogen (secondary N) is 2. The van der Waals surface area contributed by atoms with E-state index in [-0.39, 0.29) is 18.6 Å². The molecule has 2 rings (SSSR count). The van der Waals surface area contributed by atoms with Crippen LogP contribution in [0.4, 0.5) is 0 Å². The zero-order valence-corrected chi connectivity index (χ0v) is 12.6. The minimum absolute atomic E-state index is 0.0975. The lowest BCUT2D eigenvalue weighted by Gasteiger charge is -2.12. The zero-order valence-electron chi connectivity index (χ0n) is 12.6. The number of aliphatic hydroxyl groups is 1. The van der Waals surface area contributed by atoms with Crippen molar-refractivity contribution in [2.45, 2.75) is 45.1 Å². The topological polar surface area (TPSA) is 65.1 Å². The van der Waals surface area contributed by atoms with Crippen molar-refractivity contribution < 1.29 is 9.90 Å². The molecular formula is C17H24N2O2. The Kier molecular flexibility index (Phi) is 5.81. The fraction of sp³-hybridized carbons (Fsp3) is 0.471. The van der Waals surface area contributed by atoms with E-state index in [1.54, 1.807) is 0 Å². The number of hydrogen-bond acceptors (Lipinski definition) is 2. The SMILES string of the molecule is CC(CCCO)NC(=O)CCCc1c[nH]c2ccccc12. The molecule has 0 aliphatic rings. The summed E-state index contributed by atoms with van der Waals surface area (Å²) in [6.07, 6.45) is 5.89. The highest BCUT2D eigenvalue weighted by atomic mass is 16.2. The molecule has 1 aromatic carbocycles. The van der Waals surface area contributed by atoms with Crippen LogP contribution in [-0.4, -0.2) is 28.6 Å². The molecule has 0 radical (unpaired) electrons. The Balaban J connectivity index is 1.75. The fourth-order valence-electron chi connectivity index (χ4n) is 2.59. The van der Waals surface area contributed by atoms with Crippen molar-refractivity contribution in [3.8, 4) is 0 Å². The molecule has 114 valence electrons. The zero-order chi connectivity index (χ0) is 15.1. The second-order valence-corrected chi connectivity index (χ2v) is 5.55. The van der Waals surface area contributed by atoms with Gasteiger partial charge in [-0.2, -0.15) is 0 Å². The standard InChI is InChI=1S/C17H24N2O2/c1-13(6-5-11-20)19-17(21)10-4-7-14-12-18-16-9-3-2-8-15(14)16/h2-3,8-9,12-13,18,20H,4-7,10-11H2,1H3,(H,19,21). The first-order valence-corrected chi connectivity index (χ1v) is 7.66. The van der Waals surface area contributed by atoms with Crippen LogP contribution in [0, 0.1) is 0 Å². The number of fused-ring (bicyclic) bond motifs is 1. The average Bonchev–Trinajstić information content (AvgIpc) is 2.88.